The average molecular weight is 271 g/mol. The van der Waals surface area contributed by atoms with Crippen LogP contribution in [0.15, 0.2) is 54.6 Å². The highest BCUT2D eigenvalue weighted by Gasteiger charge is 2.07. The van der Waals surface area contributed by atoms with Crippen LogP contribution in [0.1, 0.15) is 43.4 Å². The van der Waals surface area contributed by atoms with E-state index < -0.39 is 0 Å². The predicted octanol–water partition coefficient (Wildman–Crippen LogP) is 4.67. The van der Waals surface area contributed by atoms with Gasteiger partial charge in [-0.2, -0.15) is 0 Å². The van der Waals surface area contributed by atoms with E-state index >= 15 is 0 Å². The minimum Gasteiger partial charge on any atom is -0.310 e. The van der Waals surface area contributed by atoms with E-state index in [1.807, 2.05) is 18.2 Å². The summed E-state index contributed by atoms with van der Waals surface area (Å²) in [6, 6.07) is 17.5. The molecule has 0 amide bonds. The molecule has 1 unspecified atom stereocenters. The van der Waals surface area contributed by atoms with Gasteiger partial charge in [0.2, 0.25) is 0 Å². The summed E-state index contributed by atoms with van der Waals surface area (Å²) >= 11 is 0. The zero-order valence-electron chi connectivity index (χ0n) is 12.1. The van der Waals surface area contributed by atoms with Gasteiger partial charge in [0.15, 0.2) is 0 Å². The lowest BCUT2D eigenvalue weighted by Gasteiger charge is -2.17. The number of halogens is 1. The van der Waals surface area contributed by atoms with Crippen LogP contribution in [0.2, 0.25) is 0 Å². The van der Waals surface area contributed by atoms with Crippen molar-refractivity contribution in [3.63, 3.8) is 0 Å². The topological polar surface area (TPSA) is 12.0 Å². The molecule has 0 spiro atoms. The van der Waals surface area contributed by atoms with Gasteiger partial charge in [-0.05, 0) is 49.1 Å². The molecule has 0 radical (unpaired) electrons. The molecule has 0 aliphatic rings. The lowest BCUT2D eigenvalue weighted by atomic mass is 9.98. The first kappa shape index (κ1) is 14.7. The van der Waals surface area contributed by atoms with Gasteiger partial charge in [0, 0.05) is 6.04 Å². The van der Waals surface area contributed by atoms with Crippen LogP contribution in [0.3, 0.4) is 0 Å². The first-order chi connectivity index (χ1) is 9.66. The van der Waals surface area contributed by atoms with Crippen molar-refractivity contribution in [3.8, 4) is 0 Å². The lowest BCUT2D eigenvalue weighted by Crippen LogP contribution is -2.21. The summed E-state index contributed by atoms with van der Waals surface area (Å²) < 4.78 is 12.9. The summed E-state index contributed by atoms with van der Waals surface area (Å²) in [7, 11) is 0. The molecule has 20 heavy (non-hydrogen) atoms. The zero-order chi connectivity index (χ0) is 14.4. The molecular formula is C18H22FN. The van der Waals surface area contributed by atoms with E-state index in [9.17, 15) is 4.39 Å². The van der Waals surface area contributed by atoms with Crippen LogP contribution in [-0.2, 0) is 0 Å². The summed E-state index contributed by atoms with van der Waals surface area (Å²) in [5, 5.41) is 3.50. The van der Waals surface area contributed by atoms with Crippen molar-refractivity contribution in [2.75, 3.05) is 6.54 Å². The molecule has 2 rings (SSSR count). The molecule has 2 heteroatoms. The third-order valence-corrected chi connectivity index (χ3v) is 3.77. The highest BCUT2D eigenvalue weighted by molar-refractivity contribution is 5.20. The fourth-order valence-corrected chi connectivity index (χ4v) is 2.33. The zero-order valence-corrected chi connectivity index (χ0v) is 12.1. The Hall–Kier alpha value is -1.67. The molecule has 0 heterocycles. The van der Waals surface area contributed by atoms with Gasteiger partial charge in [0.1, 0.15) is 5.82 Å². The summed E-state index contributed by atoms with van der Waals surface area (Å²) in [6.45, 7) is 5.31. The fraction of sp³-hybridized carbons (Fsp3) is 0.333. The first-order valence-electron chi connectivity index (χ1n) is 7.20. The Morgan fingerprint density at radius 3 is 2.20 bits per heavy atom. The van der Waals surface area contributed by atoms with Crippen LogP contribution >= 0.6 is 0 Å². The Labute approximate surface area is 120 Å². The van der Waals surface area contributed by atoms with Crippen molar-refractivity contribution in [2.45, 2.75) is 32.2 Å². The lowest BCUT2D eigenvalue weighted by molar-refractivity contribution is 0.530. The molecule has 0 saturated heterocycles. The molecule has 2 aromatic carbocycles. The SMILES string of the molecule is CC(CCN[C@H](C)c1ccc(F)cc1)c1ccccc1. The molecule has 0 fully saturated rings. The number of hydrogen-bond acceptors (Lipinski definition) is 1. The second-order valence-electron chi connectivity index (χ2n) is 5.33. The predicted molar refractivity (Wildman–Crippen MR) is 82.3 cm³/mol. The van der Waals surface area contributed by atoms with Gasteiger partial charge < -0.3 is 5.32 Å². The molecule has 2 atom stereocenters. The molecule has 0 saturated carbocycles. The van der Waals surface area contributed by atoms with Crippen LogP contribution in [-0.4, -0.2) is 6.54 Å². The standard InChI is InChI=1S/C18H22FN/c1-14(16-6-4-3-5-7-16)12-13-20-15(2)17-8-10-18(19)11-9-17/h3-11,14-15,20H,12-13H2,1-2H3/t14?,15-/m1/s1. The second-order valence-corrected chi connectivity index (χ2v) is 5.33. The normalized spacial score (nSPS) is 13.9. The summed E-state index contributed by atoms with van der Waals surface area (Å²) in [6.07, 6.45) is 1.09. The van der Waals surface area contributed by atoms with E-state index in [1.165, 1.54) is 17.7 Å². The molecule has 0 aromatic heterocycles. The molecule has 0 aliphatic heterocycles. The minimum atomic E-state index is -0.182. The van der Waals surface area contributed by atoms with Crippen molar-refractivity contribution < 1.29 is 4.39 Å². The van der Waals surface area contributed by atoms with E-state index in [1.54, 1.807) is 0 Å². The van der Waals surface area contributed by atoms with E-state index in [0.29, 0.717) is 5.92 Å². The third-order valence-electron chi connectivity index (χ3n) is 3.77. The number of benzene rings is 2. The number of nitrogens with one attached hydrogen (secondary N) is 1. The Morgan fingerprint density at radius 2 is 1.55 bits per heavy atom. The Morgan fingerprint density at radius 1 is 0.900 bits per heavy atom. The highest BCUT2D eigenvalue weighted by atomic mass is 19.1. The Bertz CT molecular complexity index is 507. The van der Waals surface area contributed by atoms with E-state index in [0.717, 1.165) is 18.5 Å². The highest BCUT2D eigenvalue weighted by Crippen LogP contribution is 2.19. The van der Waals surface area contributed by atoms with Crippen molar-refractivity contribution in [1.82, 2.24) is 5.32 Å². The van der Waals surface area contributed by atoms with Crippen molar-refractivity contribution in [2.24, 2.45) is 0 Å². The van der Waals surface area contributed by atoms with Crippen LogP contribution in [0, 0.1) is 5.82 Å². The molecular weight excluding hydrogens is 249 g/mol. The summed E-state index contributed by atoms with van der Waals surface area (Å²) in [5.74, 6) is 0.364. The maximum Gasteiger partial charge on any atom is 0.123 e. The van der Waals surface area contributed by atoms with Crippen LogP contribution in [0.4, 0.5) is 4.39 Å². The Kier molecular flexibility index (Phi) is 5.31. The van der Waals surface area contributed by atoms with Gasteiger partial charge in [-0.25, -0.2) is 4.39 Å². The van der Waals surface area contributed by atoms with Gasteiger partial charge >= 0.3 is 0 Å². The summed E-state index contributed by atoms with van der Waals surface area (Å²) in [4.78, 5) is 0. The largest absolute Gasteiger partial charge is 0.310 e. The molecule has 0 bridgehead atoms. The molecule has 0 aliphatic carbocycles. The maximum atomic E-state index is 12.9. The third kappa shape index (κ3) is 4.17. The van der Waals surface area contributed by atoms with Gasteiger partial charge in [-0.1, -0.05) is 49.4 Å². The van der Waals surface area contributed by atoms with Gasteiger partial charge in [0.05, 0.1) is 0 Å². The molecule has 106 valence electrons. The van der Waals surface area contributed by atoms with Crippen molar-refractivity contribution in [1.29, 1.82) is 0 Å². The van der Waals surface area contributed by atoms with E-state index in [2.05, 4.69) is 43.4 Å². The quantitative estimate of drug-likeness (QED) is 0.805. The average Bonchev–Trinajstić information content (AvgIpc) is 2.48. The molecule has 1 N–H and O–H groups in total. The van der Waals surface area contributed by atoms with Crippen molar-refractivity contribution in [3.05, 3.63) is 71.5 Å². The first-order valence-corrected chi connectivity index (χ1v) is 7.20. The van der Waals surface area contributed by atoms with Crippen LogP contribution in [0.5, 0.6) is 0 Å². The van der Waals surface area contributed by atoms with Gasteiger partial charge in [-0.3, -0.25) is 0 Å². The van der Waals surface area contributed by atoms with E-state index in [-0.39, 0.29) is 11.9 Å². The minimum absolute atomic E-state index is 0.182. The maximum absolute atomic E-state index is 12.9. The Balaban J connectivity index is 1.79. The van der Waals surface area contributed by atoms with Crippen LogP contribution < -0.4 is 5.32 Å². The van der Waals surface area contributed by atoms with Crippen LogP contribution in [0.25, 0.3) is 0 Å². The fourth-order valence-electron chi connectivity index (χ4n) is 2.33. The van der Waals surface area contributed by atoms with Crippen molar-refractivity contribution >= 4 is 0 Å². The molecule has 2 aromatic rings. The number of hydrogen-bond donors (Lipinski definition) is 1. The number of rotatable bonds is 6. The van der Waals surface area contributed by atoms with Gasteiger partial charge in [0.25, 0.3) is 0 Å². The second kappa shape index (κ2) is 7.20. The molecule has 1 nitrogen and oxygen atoms in total. The summed E-state index contributed by atoms with van der Waals surface area (Å²) in [5.41, 5.74) is 2.50. The smallest absolute Gasteiger partial charge is 0.123 e. The monoisotopic (exact) mass is 271 g/mol. The van der Waals surface area contributed by atoms with E-state index in [4.69, 9.17) is 0 Å². The van der Waals surface area contributed by atoms with Gasteiger partial charge in [-0.15, -0.1) is 0 Å².